The minimum Gasteiger partial charge on any atom is -0.324 e. The molecule has 0 saturated heterocycles. The molecule has 0 unspecified atom stereocenters. The van der Waals surface area contributed by atoms with Crippen LogP contribution in [0.4, 0.5) is 10.1 Å². The van der Waals surface area contributed by atoms with E-state index in [2.05, 4.69) is 10.3 Å². The van der Waals surface area contributed by atoms with Gasteiger partial charge in [0, 0.05) is 11.3 Å². The van der Waals surface area contributed by atoms with Crippen LogP contribution in [0.15, 0.2) is 66.7 Å². The van der Waals surface area contributed by atoms with Crippen molar-refractivity contribution in [3.8, 4) is 11.4 Å². The zero-order valence-electron chi connectivity index (χ0n) is 15.7. The second kappa shape index (κ2) is 7.27. The average molecular weight is 373 g/mol. The van der Waals surface area contributed by atoms with Crippen LogP contribution in [0.3, 0.4) is 0 Å². The summed E-state index contributed by atoms with van der Waals surface area (Å²) in [5, 5.41) is 2.98. The first-order valence-corrected chi connectivity index (χ1v) is 9.09. The van der Waals surface area contributed by atoms with Crippen LogP contribution >= 0.6 is 0 Å². The van der Waals surface area contributed by atoms with Gasteiger partial charge in [-0.1, -0.05) is 29.8 Å². The van der Waals surface area contributed by atoms with Crippen LogP contribution in [-0.2, 0) is 11.3 Å². The number of rotatable bonds is 4. The first-order valence-electron chi connectivity index (χ1n) is 9.09. The molecule has 3 aromatic carbocycles. The lowest BCUT2D eigenvalue weighted by molar-refractivity contribution is -0.116. The number of aromatic nitrogens is 2. The lowest BCUT2D eigenvalue weighted by atomic mass is 10.1. The maximum Gasteiger partial charge on any atom is 0.244 e. The highest BCUT2D eigenvalue weighted by Crippen LogP contribution is 2.25. The Bertz CT molecular complexity index is 1160. The summed E-state index contributed by atoms with van der Waals surface area (Å²) in [4.78, 5) is 17.4. The Morgan fingerprint density at radius 3 is 2.54 bits per heavy atom. The van der Waals surface area contributed by atoms with Gasteiger partial charge in [-0.2, -0.15) is 0 Å². The Labute approximate surface area is 162 Å². The third-order valence-corrected chi connectivity index (χ3v) is 4.71. The molecule has 0 fully saturated rings. The molecular weight excluding hydrogens is 353 g/mol. The van der Waals surface area contributed by atoms with Crippen LogP contribution in [0.5, 0.6) is 0 Å². The number of nitrogens with zero attached hydrogens (tertiary/aromatic N) is 2. The normalized spacial score (nSPS) is 11.0. The van der Waals surface area contributed by atoms with Crippen LogP contribution in [0, 0.1) is 19.7 Å². The third-order valence-electron chi connectivity index (χ3n) is 4.71. The summed E-state index contributed by atoms with van der Waals surface area (Å²) < 4.78 is 15.2. The summed E-state index contributed by atoms with van der Waals surface area (Å²) in [5.74, 6) is 0.189. The number of aryl methyl sites for hydroxylation is 2. The zero-order valence-corrected chi connectivity index (χ0v) is 15.7. The summed E-state index contributed by atoms with van der Waals surface area (Å²) in [7, 11) is 0. The Hall–Kier alpha value is -3.47. The van der Waals surface area contributed by atoms with Crippen molar-refractivity contribution in [3.05, 3.63) is 83.7 Å². The topological polar surface area (TPSA) is 46.9 Å². The molecule has 0 aliphatic heterocycles. The smallest absolute Gasteiger partial charge is 0.244 e. The second-order valence-electron chi connectivity index (χ2n) is 6.88. The maximum atomic E-state index is 13.3. The van der Waals surface area contributed by atoms with E-state index in [9.17, 15) is 9.18 Å². The molecule has 0 atom stereocenters. The molecule has 28 heavy (non-hydrogen) atoms. The first kappa shape index (κ1) is 17.9. The van der Waals surface area contributed by atoms with Crippen LogP contribution in [0.2, 0.25) is 0 Å². The highest BCUT2D eigenvalue weighted by molar-refractivity contribution is 5.93. The summed E-state index contributed by atoms with van der Waals surface area (Å²) >= 11 is 0. The molecule has 5 heteroatoms. The Kier molecular flexibility index (Phi) is 4.65. The fourth-order valence-corrected chi connectivity index (χ4v) is 3.34. The van der Waals surface area contributed by atoms with E-state index in [-0.39, 0.29) is 18.3 Å². The molecule has 0 aliphatic rings. The van der Waals surface area contributed by atoms with Gasteiger partial charge in [0.1, 0.15) is 18.2 Å². The van der Waals surface area contributed by atoms with Gasteiger partial charge in [-0.15, -0.1) is 0 Å². The Morgan fingerprint density at radius 1 is 1.04 bits per heavy atom. The molecule has 4 rings (SSSR count). The SMILES string of the molecule is Cc1ccc(NC(=O)Cn2c(-c3ccc(F)cc3)nc3ccccc32)c(C)c1. The fourth-order valence-electron chi connectivity index (χ4n) is 3.34. The molecule has 0 aliphatic carbocycles. The highest BCUT2D eigenvalue weighted by Gasteiger charge is 2.15. The highest BCUT2D eigenvalue weighted by atomic mass is 19.1. The number of hydrogen-bond acceptors (Lipinski definition) is 2. The number of anilines is 1. The van der Waals surface area contributed by atoms with Gasteiger partial charge >= 0.3 is 0 Å². The lowest BCUT2D eigenvalue weighted by Crippen LogP contribution is -2.19. The van der Waals surface area contributed by atoms with Crippen LogP contribution in [-0.4, -0.2) is 15.5 Å². The van der Waals surface area contributed by atoms with Crippen molar-refractivity contribution >= 4 is 22.6 Å². The number of carbonyl (C=O) groups excluding carboxylic acids is 1. The first-order chi connectivity index (χ1) is 13.5. The van der Waals surface area contributed by atoms with Gasteiger partial charge in [0.25, 0.3) is 0 Å². The van der Waals surface area contributed by atoms with Crippen LogP contribution < -0.4 is 5.32 Å². The van der Waals surface area contributed by atoms with Crippen LogP contribution in [0.25, 0.3) is 22.4 Å². The average Bonchev–Trinajstić information content (AvgIpc) is 3.03. The van der Waals surface area contributed by atoms with Gasteiger partial charge in [-0.25, -0.2) is 9.37 Å². The van der Waals surface area contributed by atoms with Crippen molar-refractivity contribution in [1.29, 1.82) is 0 Å². The Morgan fingerprint density at radius 2 is 1.79 bits per heavy atom. The van der Waals surface area contributed by atoms with Crippen molar-refractivity contribution in [2.24, 2.45) is 0 Å². The van der Waals surface area contributed by atoms with Gasteiger partial charge < -0.3 is 9.88 Å². The quantitative estimate of drug-likeness (QED) is 0.541. The number of nitrogens with one attached hydrogen (secondary N) is 1. The number of para-hydroxylation sites is 2. The number of halogens is 1. The predicted molar refractivity (Wildman–Crippen MR) is 110 cm³/mol. The molecule has 0 bridgehead atoms. The third kappa shape index (κ3) is 3.51. The van der Waals surface area contributed by atoms with Crippen molar-refractivity contribution in [1.82, 2.24) is 9.55 Å². The summed E-state index contributed by atoms with van der Waals surface area (Å²) in [6, 6.07) is 19.7. The van der Waals surface area contributed by atoms with Gasteiger partial charge in [-0.05, 0) is 61.9 Å². The monoisotopic (exact) mass is 373 g/mol. The minimum atomic E-state index is -0.306. The molecule has 1 aromatic heterocycles. The molecule has 1 amide bonds. The van der Waals surface area contributed by atoms with E-state index in [1.807, 2.05) is 60.9 Å². The number of carbonyl (C=O) groups is 1. The number of imidazole rings is 1. The van der Waals surface area contributed by atoms with Crippen LogP contribution in [0.1, 0.15) is 11.1 Å². The number of hydrogen-bond donors (Lipinski definition) is 1. The van der Waals surface area contributed by atoms with E-state index < -0.39 is 0 Å². The van der Waals surface area contributed by atoms with E-state index in [0.29, 0.717) is 5.82 Å². The molecular formula is C23H20FN3O. The number of benzene rings is 3. The van der Waals surface area contributed by atoms with Crippen molar-refractivity contribution < 1.29 is 9.18 Å². The lowest BCUT2D eigenvalue weighted by Gasteiger charge is -2.12. The van der Waals surface area contributed by atoms with E-state index in [1.54, 1.807) is 12.1 Å². The summed E-state index contributed by atoms with van der Waals surface area (Å²) in [6.45, 7) is 4.10. The molecule has 1 N–H and O–H groups in total. The van der Waals surface area contributed by atoms with Gasteiger partial charge in [-0.3, -0.25) is 4.79 Å². The standard InChI is InChI=1S/C23H20FN3O/c1-15-7-12-19(16(2)13-15)25-22(28)14-27-21-6-4-3-5-20(21)26-23(27)17-8-10-18(24)11-9-17/h3-13H,14H2,1-2H3,(H,25,28). The molecule has 4 aromatic rings. The van der Waals surface area contributed by atoms with E-state index in [0.717, 1.165) is 33.4 Å². The molecule has 140 valence electrons. The van der Waals surface area contributed by atoms with E-state index >= 15 is 0 Å². The van der Waals surface area contributed by atoms with E-state index in [4.69, 9.17) is 0 Å². The molecule has 0 spiro atoms. The molecule has 1 heterocycles. The molecule has 0 saturated carbocycles. The van der Waals surface area contributed by atoms with Crippen molar-refractivity contribution in [2.75, 3.05) is 5.32 Å². The largest absolute Gasteiger partial charge is 0.324 e. The van der Waals surface area contributed by atoms with Crippen molar-refractivity contribution in [3.63, 3.8) is 0 Å². The Balaban J connectivity index is 1.70. The number of fused-ring (bicyclic) bond motifs is 1. The second-order valence-corrected chi connectivity index (χ2v) is 6.88. The van der Waals surface area contributed by atoms with Crippen molar-refractivity contribution in [2.45, 2.75) is 20.4 Å². The number of amides is 1. The summed E-state index contributed by atoms with van der Waals surface area (Å²) in [5.41, 5.74) is 5.37. The molecule has 4 nitrogen and oxygen atoms in total. The summed E-state index contributed by atoms with van der Waals surface area (Å²) in [6.07, 6.45) is 0. The van der Waals surface area contributed by atoms with Gasteiger partial charge in [0.15, 0.2) is 0 Å². The van der Waals surface area contributed by atoms with Gasteiger partial charge in [0.2, 0.25) is 5.91 Å². The fraction of sp³-hybridized carbons (Fsp3) is 0.130. The zero-order chi connectivity index (χ0) is 19.7. The maximum absolute atomic E-state index is 13.3. The predicted octanol–water partition coefficient (Wildman–Crippen LogP) is 5.10. The van der Waals surface area contributed by atoms with Gasteiger partial charge in [0.05, 0.1) is 11.0 Å². The van der Waals surface area contributed by atoms with E-state index in [1.165, 1.54) is 12.1 Å². The minimum absolute atomic E-state index is 0.112. The molecule has 0 radical (unpaired) electrons.